The van der Waals surface area contributed by atoms with Gasteiger partial charge in [-0.3, -0.25) is 14.3 Å². The molecule has 0 aliphatic carbocycles. The molecule has 2 aromatic rings. The molecule has 0 bridgehead atoms. The van der Waals surface area contributed by atoms with Crippen molar-refractivity contribution in [3.8, 4) is 6.07 Å². The third-order valence-electron chi connectivity index (χ3n) is 2.65. The SMILES string of the molecule is Cn1c(=O)[nH]c(=O)c2c1nc(CCl)n2CCC#N. The van der Waals surface area contributed by atoms with Gasteiger partial charge in [0.25, 0.3) is 5.56 Å². The van der Waals surface area contributed by atoms with E-state index in [-0.39, 0.29) is 23.5 Å². The van der Waals surface area contributed by atoms with Gasteiger partial charge in [-0.2, -0.15) is 5.26 Å². The van der Waals surface area contributed by atoms with Gasteiger partial charge in [-0.15, -0.1) is 11.6 Å². The van der Waals surface area contributed by atoms with Crippen LogP contribution in [-0.2, 0) is 19.5 Å². The van der Waals surface area contributed by atoms with Gasteiger partial charge in [-0.05, 0) is 0 Å². The summed E-state index contributed by atoms with van der Waals surface area (Å²) in [7, 11) is 1.51. The molecule has 94 valence electrons. The standard InChI is InChI=1S/C10H10ClN5O2/c1-15-8-7(9(17)14-10(15)18)16(4-2-3-12)6(5-11)13-8/h2,4-5H2,1H3,(H,14,17,18). The molecule has 0 aliphatic rings. The predicted molar refractivity (Wildman–Crippen MR) is 65.4 cm³/mol. The van der Waals surface area contributed by atoms with Gasteiger partial charge in [0.15, 0.2) is 11.2 Å². The molecule has 0 saturated heterocycles. The Balaban J connectivity index is 2.84. The maximum atomic E-state index is 11.8. The molecule has 2 aromatic heterocycles. The Labute approximate surface area is 106 Å². The number of alkyl halides is 1. The third kappa shape index (κ3) is 1.80. The maximum absolute atomic E-state index is 11.8. The van der Waals surface area contributed by atoms with Gasteiger partial charge in [-0.25, -0.2) is 9.78 Å². The van der Waals surface area contributed by atoms with Crippen LogP contribution in [0.2, 0.25) is 0 Å². The van der Waals surface area contributed by atoms with Gasteiger partial charge in [0.2, 0.25) is 0 Å². The van der Waals surface area contributed by atoms with Crippen molar-refractivity contribution in [3.05, 3.63) is 26.7 Å². The number of imidazole rings is 1. The Hall–Kier alpha value is -2.07. The third-order valence-corrected chi connectivity index (χ3v) is 2.89. The van der Waals surface area contributed by atoms with Gasteiger partial charge in [0, 0.05) is 13.6 Å². The highest BCUT2D eigenvalue weighted by Crippen LogP contribution is 2.13. The number of aromatic amines is 1. The quantitative estimate of drug-likeness (QED) is 0.796. The lowest BCUT2D eigenvalue weighted by atomic mass is 10.4. The number of H-pyrrole nitrogens is 1. The zero-order chi connectivity index (χ0) is 13.3. The van der Waals surface area contributed by atoms with E-state index in [1.807, 2.05) is 6.07 Å². The summed E-state index contributed by atoms with van der Waals surface area (Å²) in [5.74, 6) is 0.571. The van der Waals surface area contributed by atoms with Gasteiger partial charge in [-0.1, -0.05) is 0 Å². The summed E-state index contributed by atoms with van der Waals surface area (Å²) >= 11 is 5.76. The van der Waals surface area contributed by atoms with Gasteiger partial charge >= 0.3 is 5.69 Å². The molecule has 0 unspecified atom stereocenters. The monoisotopic (exact) mass is 267 g/mol. The van der Waals surface area contributed by atoms with Crippen LogP contribution in [0.25, 0.3) is 11.2 Å². The number of halogens is 1. The summed E-state index contributed by atoms with van der Waals surface area (Å²) in [6, 6.07) is 1.99. The summed E-state index contributed by atoms with van der Waals surface area (Å²) in [5.41, 5.74) is -0.506. The fourth-order valence-corrected chi connectivity index (χ4v) is 1.99. The van der Waals surface area contributed by atoms with Crippen molar-refractivity contribution in [1.29, 1.82) is 5.26 Å². The zero-order valence-electron chi connectivity index (χ0n) is 9.60. The van der Waals surface area contributed by atoms with E-state index in [9.17, 15) is 9.59 Å². The molecular formula is C10H10ClN5O2. The first kappa shape index (κ1) is 12.4. The van der Waals surface area contributed by atoms with E-state index < -0.39 is 11.2 Å². The molecular weight excluding hydrogens is 258 g/mol. The van der Waals surface area contributed by atoms with Crippen LogP contribution < -0.4 is 11.2 Å². The highest BCUT2D eigenvalue weighted by Gasteiger charge is 2.16. The minimum atomic E-state index is -0.529. The van der Waals surface area contributed by atoms with Crippen LogP contribution in [0, 0.1) is 11.3 Å². The molecule has 18 heavy (non-hydrogen) atoms. The Morgan fingerprint density at radius 1 is 1.50 bits per heavy atom. The molecule has 0 atom stereocenters. The fraction of sp³-hybridized carbons (Fsp3) is 0.400. The van der Waals surface area contributed by atoms with E-state index in [1.54, 1.807) is 4.57 Å². The molecule has 2 heterocycles. The molecule has 0 radical (unpaired) electrons. The first-order valence-corrected chi connectivity index (χ1v) is 5.75. The van der Waals surface area contributed by atoms with Crippen molar-refractivity contribution in [1.82, 2.24) is 19.1 Å². The van der Waals surface area contributed by atoms with Crippen LogP contribution in [-0.4, -0.2) is 19.1 Å². The molecule has 0 saturated carbocycles. The second-order valence-electron chi connectivity index (χ2n) is 3.71. The molecule has 8 heteroatoms. The predicted octanol–water partition coefficient (Wildman–Crippen LogP) is 0.0758. The molecule has 0 amide bonds. The first-order valence-electron chi connectivity index (χ1n) is 5.21. The summed E-state index contributed by atoms with van der Waals surface area (Å²) in [6.45, 7) is 0.316. The van der Waals surface area contributed by atoms with Crippen LogP contribution in [0.5, 0.6) is 0 Å². The molecule has 0 fully saturated rings. The Bertz CT molecular complexity index is 748. The second-order valence-corrected chi connectivity index (χ2v) is 3.98. The number of aromatic nitrogens is 4. The topological polar surface area (TPSA) is 96.5 Å². The van der Waals surface area contributed by atoms with Crippen molar-refractivity contribution in [3.63, 3.8) is 0 Å². The van der Waals surface area contributed by atoms with Crippen LogP contribution in [0.4, 0.5) is 0 Å². The van der Waals surface area contributed by atoms with Crippen LogP contribution in [0.15, 0.2) is 9.59 Å². The van der Waals surface area contributed by atoms with E-state index in [4.69, 9.17) is 16.9 Å². The number of nitriles is 1. The van der Waals surface area contributed by atoms with E-state index in [0.29, 0.717) is 12.4 Å². The number of aryl methyl sites for hydroxylation is 2. The maximum Gasteiger partial charge on any atom is 0.329 e. The Kier molecular flexibility index (Phi) is 3.21. The van der Waals surface area contributed by atoms with E-state index >= 15 is 0 Å². The number of hydrogen-bond acceptors (Lipinski definition) is 4. The van der Waals surface area contributed by atoms with Crippen LogP contribution in [0.1, 0.15) is 12.2 Å². The highest BCUT2D eigenvalue weighted by atomic mass is 35.5. The van der Waals surface area contributed by atoms with Crippen molar-refractivity contribution in [2.75, 3.05) is 0 Å². The van der Waals surface area contributed by atoms with Crippen molar-refractivity contribution >= 4 is 22.8 Å². The number of nitrogens with zero attached hydrogens (tertiary/aromatic N) is 4. The van der Waals surface area contributed by atoms with Gasteiger partial charge in [0.05, 0.1) is 18.4 Å². The van der Waals surface area contributed by atoms with Gasteiger partial charge in [0.1, 0.15) is 5.82 Å². The lowest BCUT2D eigenvalue weighted by molar-refractivity contribution is 0.702. The Morgan fingerprint density at radius 3 is 2.83 bits per heavy atom. The molecule has 0 spiro atoms. The lowest BCUT2D eigenvalue weighted by Crippen LogP contribution is -2.29. The van der Waals surface area contributed by atoms with Crippen molar-refractivity contribution in [2.24, 2.45) is 7.05 Å². The normalized spacial score (nSPS) is 10.7. The lowest BCUT2D eigenvalue weighted by Gasteiger charge is -2.03. The molecule has 0 aliphatic heterocycles. The summed E-state index contributed by atoms with van der Waals surface area (Å²) in [6.07, 6.45) is 0.234. The largest absolute Gasteiger partial charge is 0.329 e. The molecule has 2 rings (SSSR count). The Morgan fingerprint density at radius 2 is 2.22 bits per heavy atom. The van der Waals surface area contributed by atoms with E-state index in [0.717, 1.165) is 0 Å². The molecule has 1 N–H and O–H groups in total. The number of fused-ring (bicyclic) bond motifs is 1. The van der Waals surface area contributed by atoms with Crippen LogP contribution in [0.3, 0.4) is 0 Å². The van der Waals surface area contributed by atoms with Crippen molar-refractivity contribution < 1.29 is 0 Å². The fourth-order valence-electron chi connectivity index (χ4n) is 1.78. The number of hydrogen-bond donors (Lipinski definition) is 1. The van der Waals surface area contributed by atoms with E-state index in [1.165, 1.54) is 11.6 Å². The minimum Gasteiger partial charge on any atom is -0.320 e. The zero-order valence-corrected chi connectivity index (χ0v) is 10.4. The summed E-state index contributed by atoms with van der Waals surface area (Å²) in [5, 5.41) is 8.61. The average Bonchev–Trinajstić information content (AvgIpc) is 2.72. The summed E-state index contributed by atoms with van der Waals surface area (Å²) in [4.78, 5) is 29.6. The van der Waals surface area contributed by atoms with Gasteiger partial charge < -0.3 is 4.57 Å². The second kappa shape index (κ2) is 4.66. The van der Waals surface area contributed by atoms with E-state index in [2.05, 4.69) is 9.97 Å². The number of nitrogens with one attached hydrogen (secondary N) is 1. The van der Waals surface area contributed by atoms with Crippen LogP contribution >= 0.6 is 11.6 Å². The minimum absolute atomic E-state index is 0.105. The molecule has 0 aromatic carbocycles. The number of rotatable bonds is 3. The smallest absolute Gasteiger partial charge is 0.320 e. The molecule has 7 nitrogen and oxygen atoms in total. The summed E-state index contributed by atoms with van der Waals surface area (Å²) < 4.78 is 2.82. The first-order chi connectivity index (χ1) is 8.60. The van der Waals surface area contributed by atoms with Crippen molar-refractivity contribution in [2.45, 2.75) is 18.8 Å². The average molecular weight is 268 g/mol. The highest BCUT2D eigenvalue weighted by molar-refractivity contribution is 6.16.